The van der Waals surface area contributed by atoms with Crippen LogP contribution in [0.15, 0.2) is 18.2 Å². The van der Waals surface area contributed by atoms with Crippen LogP contribution in [0.2, 0.25) is 0 Å². The second kappa shape index (κ2) is 4.93. The minimum Gasteiger partial charge on any atom is -0.324 e. The highest BCUT2D eigenvalue weighted by Crippen LogP contribution is 2.35. The summed E-state index contributed by atoms with van der Waals surface area (Å²) in [6.45, 7) is 4.05. The van der Waals surface area contributed by atoms with Gasteiger partial charge in [-0.15, -0.1) is 0 Å². The molecule has 0 aliphatic heterocycles. The maximum absolute atomic E-state index is 10.6. The van der Waals surface area contributed by atoms with Crippen LogP contribution in [0.25, 0.3) is 0 Å². The van der Waals surface area contributed by atoms with Crippen LogP contribution in [-0.2, 0) is 11.0 Å². The highest BCUT2D eigenvalue weighted by atomic mass is 31.2. The summed E-state index contributed by atoms with van der Waals surface area (Å²) < 4.78 is 10.6. The molecule has 0 aliphatic rings. The highest BCUT2D eigenvalue weighted by Gasteiger charge is 2.11. The van der Waals surface area contributed by atoms with Crippen LogP contribution in [0, 0.1) is 13.8 Å². The molecule has 0 aromatic heterocycles. The number of hydrogen-bond acceptors (Lipinski definition) is 1. The third-order valence-electron chi connectivity index (χ3n) is 2.20. The molecule has 1 aromatic rings. The van der Waals surface area contributed by atoms with E-state index in [9.17, 15) is 4.57 Å². The Hall–Kier alpha value is -0.630. The molecule has 0 aliphatic carbocycles. The fourth-order valence-electron chi connectivity index (χ4n) is 1.70. The van der Waals surface area contributed by atoms with Crippen LogP contribution >= 0.6 is 7.60 Å². The van der Waals surface area contributed by atoms with Gasteiger partial charge in [0.2, 0.25) is 0 Å². The average molecular weight is 228 g/mol. The molecule has 15 heavy (non-hydrogen) atoms. The van der Waals surface area contributed by atoms with E-state index in [2.05, 4.69) is 18.2 Å². The Kier molecular flexibility index (Phi) is 4.09. The van der Waals surface area contributed by atoms with Gasteiger partial charge in [0.1, 0.15) is 0 Å². The second-order valence-electron chi connectivity index (χ2n) is 3.99. The van der Waals surface area contributed by atoms with Crippen molar-refractivity contribution in [2.24, 2.45) is 0 Å². The molecule has 0 amide bonds. The van der Waals surface area contributed by atoms with Gasteiger partial charge in [-0.25, -0.2) is 0 Å². The first-order valence-electron chi connectivity index (χ1n) is 4.98. The lowest BCUT2D eigenvalue weighted by molar-refractivity contribution is 0.371. The first-order valence-corrected chi connectivity index (χ1v) is 6.78. The molecule has 84 valence electrons. The molecule has 0 unspecified atom stereocenters. The van der Waals surface area contributed by atoms with Crippen LogP contribution < -0.4 is 0 Å². The zero-order valence-corrected chi connectivity index (χ0v) is 10.00. The molecule has 0 bridgehead atoms. The zero-order chi connectivity index (χ0) is 11.5. The topological polar surface area (TPSA) is 57.5 Å². The molecular formula is C11H17O3P. The monoisotopic (exact) mass is 228 g/mol. The third kappa shape index (κ3) is 5.12. The van der Waals surface area contributed by atoms with E-state index >= 15 is 0 Å². The van der Waals surface area contributed by atoms with E-state index < -0.39 is 7.60 Å². The second-order valence-corrected chi connectivity index (χ2v) is 5.76. The third-order valence-corrected chi connectivity index (χ3v) is 3.10. The quantitative estimate of drug-likeness (QED) is 0.778. The van der Waals surface area contributed by atoms with Crippen molar-refractivity contribution in [3.63, 3.8) is 0 Å². The molecule has 0 radical (unpaired) electrons. The van der Waals surface area contributed by atoms with E-state index in [1.165, 1.54) is 11.1 Å². The molecule has 0 heterocycles. The van der Waals surface area contributed by atoms with Gasteiger partial charge in [0, 0.05) is 0 Å². The summed E-state index contributed by atoms with van der Waals surface area (Å²) in [6, 6.07) is 6.21. The summed E-state index contributed by atoms with van der Waals surface area (Å²) in [5.74, 6) is 0. The summed E-state index contributed by atoms with van der Waals surface area (Å²) in [7, 11) is -3.83. The van der Waals surface area contributed by atoms with E-state index in [1.807, 2.05) is 13.8 Å². The van der Waals surface area contributed by atoms with Crippen LogP contribution in [-0.4, -0.2) is 15.9 Å². The Morgan fingerprint density at radius 3 is 2.13 bits per heavy atom. The summed E-state index contributed by atoms with van der Waals surface area (Å²) >= 11 is 0. The predicted molar refractivity (Wildman–Crippen MR) is 61.1 cm³/mol. The Balaban J connectivity index is 2.54. The molecule has 0 atom stereocenters. The highest BCUT2D eigenvalue weighted by molar-refractivity contribution is 7.51. The van der Waals surface area contributed by atoms with Gasteiger partial charge in [-0.05, 0) is 32.3 Å². The Labute approximate surface area is 90.3 Å². The Morgan fingerprint density at radius 1 is 1.13 bits per heavy atom. The maximum Gasteiger partial charge on any atom is 0.325 e. The first kappa shape index (κ1) is 12.4. The number of hydrogen-bond donors (Lipinski definition) is 2. The van der Waals surface area contributed by atoms with Crippen LogP contribution in [0.3, 0.4) is 0 Å². The Bertz CT molecular complexity index is 361. The predicted octanol–water partition coefficient (Wildman–Crippen LogP) is 2.41. The molecule has 0 saturated heterocycles. The molecular weight excluding hydrogens is 211 g/mol. The van der Waals surface area contributed by atoms with Crippen molar-refractivity contribution in [1.29, 1.82) is 0 Å². The molecule has 4 heteroatoms. The summed E-state index contributed by atoms with van der Waals surface area (Å²) in [6.07, 6.45) is 1.24. The number of aryl methyl sites for hydroxylation is 3. The molecule has 0 spiro atoms. The molecule has 3 nitrogen and oxygen atoms in total. The first-order chi connectivity index (χ1) is 6.87. The maximum atomic E-state index is 10.6. The summed E-state index contributed by atoms with van der Waals surface area (Å²) in [5, 5.41) is 0. The fourth-order valence-corrected chi connectivity index (χ4v) is 2.27. The summed E-state index contributed by atoms with van der Waals surface area (Å²) in [5.41, 5.74) is 3.54. The van der Waals surface area contributed by atoms with E-state index in [0.717, 1.165) is 12.0 Å². The zero-order valence-electron chi connectivity index (χ0n) is 9.10. The van der Waals surface area contributed by atoms with Crippen molar-refractivity contribution >= 4 is 7.60 Å². The largest absolute Gasteiger partial charge is 0.325 e. The van der Waals surface area contributed by atoms with Crippen LogP contribution in [0.1, 0.15) is 23.1 Å². The van der Waals surface area contributed by atoms with Gasteiger partial charge >= 0.3 is 7.60 Å². The van der Waals surface area contributed by atoms with Gasteiger partial charge in [-0.2, -0.15) is 0 Å². The minimum absolute atomic E-state index is 0.0278. The smallest absolute Gasteiger partial charge is 0.324 e. The SMILES string of the molecule is Cc1cc(C)cc(CCCP(=O)(O)O)c1. The van der Waals surface area contributed by atoms with Crippen molar-refractivity contribution in [3.8, 4) is 0 Å². The number of benzene rings is 1. The lowest BCUT2D eigenvalue weighted by Gasteiger charge is -2.06. The normalized spacial score (nSPS) is 11.7. The summed E-state index contributed by atoms with van der Waals surface area (Å²) in [4.78, 5) is 17.4. The van der Waals surface area contributed by atoms with Crippen molar-refractivity contribution in [1.82, 2.24) is 0 Å². The van der Waals surface area contributed by atoms with Gasteiger partial charge < -0.3 is 9.79 Å². The minimum atomic E-state index is -3.83. The average Bonchev–Trinajstić information content (AvgIpc) is 1.99. The van der Waals surface area contributed by atoms with Gasteiger partial charge in [-0.1, -0.05) is 29.3 Å². The van der Waals surface area contributed by atoms with Gasteiger partial charge in [0.05, 0.1) is 6.16 Å². The van der Waals surface area contributed by atoms with E-state index in [-0.39, 0.29) is 6.16 Å². The van der Waals surface area contributed by atoms with Gasteiger partial charge in [-0.3, -0.25) is 4.57 Å². The Morgan fingerprint density at radius 2 is 1.67 bits per heavy atom. The van der Waals surface area contributed by atoms with Crippen molar-refractivity contribution in [3.05, 3.63) is 34.9 Å². The van der Waals surface area contributed by atoms with Crippen LogP contribution in [0.4, 0.5) is 0 Å². The van der Waals surface area contributed by atoms with E-state index in [1.54, 1.807) is 0 Å². The molecule has 0 fully saturated rings. The molecule has 2 N–H and O–H groups in total. The fraction of sp³-hybridized carbons (Fsp3) is 0.455. The van der Waals surface area contributed by atoms with Crippen molar-refractivity contribution < 1.29 is 14.4 Å². The van der Waals surface area contributed by atoms with E-state index in [0.29, 0.717) is 6.42 Å². The van der Waals surface area contributed by atoms with Gasteiger partial charge in [0.25, 0.3) is 0 Å². The number of rotatable bonds is 4. The van der Waals surface area contributed by atoms with Crippen molar-refractivity contribution in [2.45, 2.75) is 26.7 Å². The van der Waals surface area contributed by atoms with Gasteiger partial charge in [0.15, 0.2) is 0 Å². The van der Waals surface area contributed by atoms with E-state index in [4.69, 9.17) is 9.79 Å². The lowest BCUT2D eigenvalue weighted by Crippen LogP contribution is -1.93. The standard InChI is InChI=1S/C11H17O3P/c1-9-6-10(2)8-11(7-9)4-3-5-15(12,13)14/h6-8H,3-5H2,1-2H3,(H2,12,13,14). The lowest BCUT2D eigenvalue weighted by atomic mass is 10.0. The molecule has 0 saturated carbocycles. The van der Waals surface area contributed by atoms with Crippen LogP contribution in [0.5, 0.6) is 0 Å². The molecule has 1 rings (SSSR count). The van der Waals surface area contributed by atoms with Crippen molar-refractivity contribution in [2.75, 3.05) is 6.16 Å². The molecule has 1 aromatic carbocycles.